The van der Waals surface area contributed by atoms with E-state index in [9.17, 15) is 4.79 Å². The lowest BCUT2D eigenvalue weighted by atomic mass is 9.75. The molecule has 3 rings (SSSR count). The van der Waals surface area contributed by atoms with Crippen molar-refractivity contribution >= 4 is 29.6 Å². The first kappa shape index (κ1) is 16.2. The first-order chi connectivity index (χ1) is 10.9. The van der Waals surface area contributed by atoms with Crippen LogP contribution in [-0.2, 0) is 20.5 Å². The fraction of sp³-hybridized carbons (Fsp3) is 0.421. The van der Waals surface area contributed by atoms with Crippen molar-refractivity contribution in [1.29, 1.82) is 0 Å². The molecule has 1 aliphatic rings. The van der Waals surface area contributed by atoms with Gasteiger partial charge in [0.1, 0.15) is 6.29 Å². The predicted molar refractivity (Wildman–Crippen MR) is 94.0 cm³/mol. The van der Waals surface area contributed by atoms with Crippen LogP contribution in [0, 0.1) is 0 Å². The van der Waals surface area contributed by atoms with Crippen LogP contribution in [0.3, 0.4) is 0 Å². The van der Waals surface area contributed by atoms with E-state index in [1.807, 2.05) is 12.1 Å². The van der Waals surface area contributed by atoms with Gasteiger partial charge >= 0.3 is 7.12 Å². The summed E-state index contributed by atoms with van der Waals surface area (Å²) in [4.78, 5) is 10.7. The third kappa shape index (κ3) is 2.82. The summed E-state index contributed by atoms with van der Waals surface area (Å²) in [5.74, 6) is 0. The molecule has 0 atom stereocenters. The number of aldehydes is 1. The van der Waals surface area contributed by atoms with Crippen molar-refractivity contribution < 1.29 is 14.1 Å². The van der Waals surface area contributed by atoms with E-state index in [2.05, 4.69) is 52.0 Å². The Hall–Kier alpha value is -1.65. The van der Waals surface area contributed by atoms with Crippen LogP contribution in [0.4, 0.5) is 0 Å². The number of carbonyl (C=O) groups excluding carboxylic acids is 1. The molecule has 4 heteroatoms. The lowest BCUT2D eigenvalue weighted by molar-refractivity contribution is -0.107. The molecule has 1 saturated heterocycles. The van der Waals surface area contributed by atoms with Crippen molar-refractivity contribution in [2.45, 2.75) is 51.7 Å². The summed E-state index contributed by atoms with van der Waals surface area (Å²) in [6, 6.07) is 12.4. The molecule has 120 valence electrons. The molecule has 1 aliphatic heterocycles. The first-order valence-electron chi connectivity index (χ1n) is 8.15. The molecular weight excluding hydrogens is 287 g/mol. The van der Waals surface area contributed by atoms with Crippen molar-refractivity contribution in [3.8, 4) is 0 Å². The highest BCUT2D eigenvalue weighted by atomic mass is 16.7. The summed E-state index contributed by atoms with van der Waals surface area (Å²) in [5, 5.41) is 2.30. The monoisotopic (exact) mass is 310 g/mol. The Morgan fingerprint density at radius 1 is 0.957 bits per heavy atom. The van der Waals surface area contributed by atoms with E-state index in [1.54, 1.807) is 0 Å². The fourth-order valence-electron chi connectivity index (χ4n) is 3.01. The van der Waals surface area contributed by atoms with Crippen molar-refractivity contribution in [3.63, 3.8) is 0 Å². The van der Waals surface area contributed by atoms with Gasteiger partial charge in [-0.3, -0.25) is 0 Å². The molecule has 2 aromatic rings. The second kappa shape index (κ2) is 5.77. The summed E-state index contributed by atoms with van der Waals surface area (Å²) in [6.45, 7) is 8.25. The molecule has 0 N–H and O–H groups in total. The zero-order chi connectivity index (χ0) is 16.7. The molecule has 0 amide bonds. The van der Waals surface area contributed by atoms with E-state index >= 15 is 0 Å². The van der Waals surface area contributed by atoms with Crippen LogP contribution in [0.5, 0.6) is 0 Å². The third-order valence-corrected chi connectivity index (χ3v) is 5.08. The second-order valence-corrected chi connectivity index (χ2v) is 7.15. The second-order valence-electron chi connectivity index (χ2n) is 7.15. The lowest BCUT2D eigenvalue weighted by Crippen LogP contribution is -2.41. The molecule has 0 unspecified atom stereocenters. The summed E-state index contributed by atoms with van der Waals surface area (Å²) >= 11 is 0. The number of rotatable bonds is 4. The van der Waals surface area contributed by atoms with Gasteiger partial charge in [-0.25, -0.2) is 0 Å². The number of hydrogen-bond acceptors (Lipinski definition) is 3. The minimum absolute atomic E-state index is 0.352. The Morgan fingerprint density at radius 3 is 2.22 bits per heavy atom. The van der Waals surface area contributed by atoms with Crippen LogP contribution in [-0.4, -0.2) is 24.6 Å². The van der Waals surface area contributed by atoms with Gasteiger partial charge in [0.25, 0.3) is 0 Å². The molecule has 0 aromatic heterocycles. The van der Waals surface area contributed by atoms with Gasteiger partial charge in [-0.15, -0.1) is 0 Å². The van der Waals surface area contributed by atoms with Crippen LogP contribution >= 0.6 is 0 Å². The maximum absolute atomic E-state index is 10.7. The topological polar surface area (TPSA) is 35.5 Å². The average molecular weight is 310 g/mol. The lowest BCUT2D eigenvalue weighted by Gasteiger charge is -2.32. The van der Waals surface area contributed by atoms with E-state index in [0.29, 0.717) is 6.42 Å². The minimum atomic E-state index is -0.370. The Morgan fingerprint density at radius 2 is 1.57 bits per heavy atom. The zero-order valence-corrected chi connectivity index (χ0v) is 14.3. The summed E-state index contributed by atoms with van der Waals surface area (Å²) in [7, 11) is -0.370. The minimum Gasteiger partial charge on any atom is -0.399 e. The van der Waals surface area contributed by atoms with Crippen LogP contribution in [0.25, 0.3) is 10.8 Å². The van der Waals surface area contributed by atoms with E-state index < -0.39 is 0 Å². The Kier molecular flexibility index (Phi) is 4.07. The van der Waals surface area contributed by atoms with Crippen LogP contribution < -0.4 is 5.46 Å². The van der Waals surface area contributed by atoms with Crippen molar-refractivity contribution in [3.05, 3.63) is 42.0 Å². The van der Waals surface area contributed by atoms with Gasteiger partial charge in [0.2, 0.25) is 0 Å². The molecule has 1 heterocycles. The Bertz CT molecular complexity index is 720. The fourth-order valence-corrected chi connectivity index (χ4v) is 3.01. The summed E-state index contributed by atoms with van der Waals surface area (Å²) in [5.41, 5.74) is 1.53. The van der Waals surface area contributed by atoms with Crippen molar-refractivity contribution in [1.82, 2.24) is 0 Å². The van der Waals surface area contributed by atoms with Gasteiger partial charge in [0.15, 0.2) is 0 Å². The molecule has 2 aromatic carbocycles. The molecule has 0 spiro atoms. The Labute approximate surface area is 138 Å². The van der Waals surface area contributed by atoms with Gasteiger partial charge in [0, 0.05) is 6.42 Å². The molecule has 1 fully saturated rings. The quantitative estimate of drug-likeness (QED) is 0.642. The first-order valence-corrected chi connectivity index (χ1v) is 8.15. The Balaban J connectivity index is 2.04. The van der Waals surface area contributed by atoms with Gasteiger partial charge in [-0.05, 0) is 55.9 Å². The molecule has 0 aliphatic carbocycles. The number of carbonyl (C=O) groups is 1. The van der Waals surface area contributed by atoms with Crippen LogP contribution in [0.1, 0.15) is 39.7 Å². The zero-order valence-electron chi connectivity index (χ0n) is 14.3. The van der Waals surface area contributed by atoms with Gasteiger partial charge in [-0.2, -0.15) is 0 Å². The smallest absolute Gasteiger partial charge is 0.399 e. The number of aryl methyl sites for hydroxylation is 1. The highest BCUT2D eigenvalue weighted by molar-refractivity contribution is 6.65. The highest BCUT2D eigenvalue weighted by Gasteiger charge is 2.52. The van der Waals surface area contributed by atoms with Crippen LogP contribution in [0.15, 0.2) is 36.4 Å². The molecule has 3 nitrogen and oxygen atoms in total. The van der Waals surface area contributed by atoms with Gasteiger partial charge in [-0.1, -0.05) is 36.4 Å². The maximum atomic E-state index is 10.7. The summed E-state index contributed by atoms with van der Waals surface area (Å²) in [6.07, 6.45) is 2.27. The number of fused-ring (bicyclic) bond motifs is 1. The standard InChI is InChI=1S/C19H23BO3/c1-18(2)19(3,4)23-20(22-18)17-12-6-10-15-14(9-7-13-21)8-5-11-16(15)17/h5-6,8,10-13H,7,9H2,1-4H3. The van der Waals surface area contributed by atoms with Crippen molar-refractivity contribution in [2.24, 2.45) is 0 Å². The van der Waals surface area contributed by atoms with Gasteiger partial charge in [0.05, 0.1) is 11.2 Å². The predicted octanol–water partition coefficient (Wildman–Crippen LogP) is 3.27. The van der Waals surface area contributed by atoms with Crippen LogP contribution in [0.2, 0.25) is 0 Å². The maximum Gasteiger partial charge on any atom is 0.495 e. The largest absolute Gasteiger partial charge is 0.495 e. The number of benzene rings is 2. The summed E-state index contributed by atoms with van der Waals surface area (Å²) < 4.78 is 12.4. The van der Waals surface area contributed by atoms with Gasteiger partial charge < -0.3 is 14.1 Å². The molecule has 0 bridgehead atoms. The SMILES string of the molecule is CC1(C)OB(c2cccc3c(CCC=O)cccc23)OC1(C)C. The molecule has 0 radical (unpaired) electrons. The van der Waals surface area contributed by atoms with E-state index in [4.69, 9.17) is 9.31 Å². The highest BCUT2D eigenvalue weighted by Crippen LogP contribution is 2.37. The van der Waals surface area contributed by atoms with E-state index in [1.165, 1.54) is 10.9 Å². The normalized spacial score (nSPS) is 19.2. The van der Waals surface area contributed by atoms with Crippen molar-refractivity contribution in [2.75, 3.05) is 0 Å². The molecular formula is C19H23BO3. The average Bonchev–Trinajstić information content (AvgIpc) is 2.72. The molecule has 23 heavy (non-hydrogen) atoms. The number of hydrogen-bond donors (Lipinski definition) is 0. The molecule has 0 saturated carbocycles. The third-order valence-electron chi connectivity index (χ3n) is 5.08. The van der Waals surface area contributed by atoms with E-state index in [0.717, 1.165) is 23.6 Å². The van der Waals surface area contributed by atoms with E-state index in [-0.39, 0.29) is 18.3 Å².